The molecular weight excluding hydrogens is 242 g/mol. The topological polar surface area (TPSA) is 75.4 Å². The van der Waals surface area contributed by atoms with Gasteiger partial charge in [0.1, 0.15) is 0 Å². The summed E-state index contributed by atoms with van der Waals surface area (Å²) in [6.45, 7) is 2.51. The highest BCUT2D eigenvalue weighted by Gasteiger charge is 2.14. The van der Waals surface area contributed by atoms with Crippen LogP contribution >= 0.6 is 0 Å². The summed E-state index contributed by atoms with van der Waals surface area (Å²) in [5, 5.41) is 2.52. The van der Waals surface area contributed by atoms with E-state index in [1.54, 1.807) is 11.9 Å². The van der Waals surface area contributed by atoms with Gasteiger partial charge in [-0.3, -0.25) is 9.59 Å². The number of nitrogen functional groups attached to an aromatic ring is 1. The molecular formula is C14H21N3O2. The predicted molar refractivity (Wildman–Crippen MR) is 75.5 cm³/mol. The zero-order valence-electron chi connectivity index (χ0n) is 11.5. The normalized spacial score (nSPS) is 10.0. The maximum atomic E-state index is 12.0. The first kappa shape index (κ1) is 15.0. The summed E-state index contributed by atoms with van der Waals surface area (Å²) in [5.41, 5.74) is 7.42. The van der Waals surface area contributed by atoms with Crippen LogP contribution in [0.5, 0.6) is 0 Å². The molecule has 1 aromatic carbocycles. The number of aryl methyl sites for hydroxylation is 1. The summed E-state index contributed by atoms with van der Waals surface area (Å²) in [4.78, 5) is 24.8. The van der Waals surface area contributed by atoms with Crippen molar-refractivity contribution < 1.29 is 9.59 Å². The number of amides is 2. The van der Waals surface area contributed by atoms with Gasteiger partial charge in [0.25, 0.3) is 0 Å². The molecule has 5 nitrogen and oxygen atoms in total. The smallest absolute Gasteiger partial charge is 0.239 e. The van der Waals surface area contributed by atoms with Crippen LogP contribution in [0.2, 0.25) is 0 Å². The van der Waals surface area contributed by atoms with Crippen molar-refractivity contribution in [1.29, 1.82) is 0 Å². The summed E-state index contributed by atoms with van der Waals surface area (Å²) in [5.74, 6) is -0.173. The number of hydrogen-bond acceptors (Lipinski definition) is 3. The van der Waals surface area contributed by atoms with E-state index in [-0.39, 0.29) is 18.4 Å². The Bertz CT molecular complexity index is 446. The van der Waals surface area contributed by atoms with E-state index < -0.39 is 0 Å². The van der Waals surface area contributed by atoms with E-state index in [1.165, 1.54) is 0 Å². The molecule has 0 radical (unpaired) electrons. The molecule has 0 spiro atoms. The van der Waals surface area contributed by atoms with E-state index in [0.29, 0.717) is 25.1 Å². The monoisotopic (exact) mass is 263 g/mol. The van der Waals surface area contributed by atoms with Gasteiger partial charge in [0.05, 0.1) is 6.54 Å². The van der Waals surface area contributed by atoms with Crippen LogP contribution in [-0.4, -0.2) is 36.9 Å². The minimum atomic E-state index is -0.154. The van der Waals surface area contributed by atoms with Crippen LogP contribution in [0.15, 0.2) is 24.3 Å². The van der Waals surface area contributed by atoms with Gasteiger partial charge in [-0.05, 0) is 31.0 Å². The van der Waals surface area contributed by atoms with Crippen molar-refractivity contribution in [3.05, 3.63) is 29.8 Å². The fraction of sp³-hybridized carbons (Fsp3) is 0.429. The third-order valence-corrected chi connectivity index (χ3v) is 2.93. The molecule has 0 saturated carbocycles. The number of benzene rings is 1. The maximum absolute atomic E-state index is 12.0. The first-order chi connectivity index (χ1) is 9.06. The molecule has 0 bridgehead atoms. The van der Waals surface area contributed by atoms with Gasteiger partial charge in [-0.15, -0.1) is 0 Å². The van der Waals surface area contributed by atoms with Crippen molar-refractivity contribution >= 4 is 17.5 Å². The lowest BCUT2D eigenvalue weighted by atomic mass is 10.1. The highest BCUT2D eigenvalue weighted by molar-refractivity contribution is 5.84. The molecule has 104 valence electrons. The van der Waals surface area contributed by atoms with Gasteiger partial charge >= 0.3 is 0 Å². The molecule has 0 aliphatic carbocycles. The van der Waals surface area contributed by atoms with Gasteiger partial charge < -0.3 is 16.0 Å². The number of nitrogens with zero attached hydrogens (tertiary/aromatic N) is 1. The summed E-state index contributed by atoms with van der Waals surface area (Å²) < 4.78 is 0. The summed E-state index contributed by atoms with van der Waals surface area (Å²) >= 11 is 0. The van der Waals surface area contributed by atoms with Gasteiger partial charge in [0, 0.05) is 25.7 Å². The Balaban J connectivity index is 2.51. The minimum Gasteiger partial charge on any atom is -0.399 e. The molecule has 0 fully saturated rings. The predicted octanol–water partition coefficient (Wildman–Crippen LogP) is 0.796. The number of nitrogens with two attached hydrogens (primary N) is 1. The van der Waals surface area contributed by atoms with Crippen LogP contribution in [0, 0.1) is 0 Å². The number of carbonyl (C=O) groups is 2. The van der Waals surface area contributed by atoms with E-state index in [0.717, 1.165) is 5.56 Å². The summed E-state index contributed by atoms with van der Waals surface area (Å²) in [6.07, 6.45) is 1.02. The van der Waals surface area contributed by atoms with Crippen LogP contribution in [0.4, 0.5) is 5.69 Å². The molecule has 2 amide bonds. The lowest BCUT2D eigenvalue weighted by molar-refractivity contribution is -0.135. The zero-order chi connectivity index (χ0) is 14.3. The first-order valence-corrected chi connectivity index (χ1v) is 6.39. The largest absolute Gasteiger partial charge is 0.399 e. The molecule has 5 heteroatoms. The molecule has 0 unspecified atom stereocenters. The Hall–Kier alpha value is -2.04. The summed E-state index contributed by atoms with van der Waals surface area (Å²) in [7, 11) is 1.56. The van der Waals surface area contributed by atoms with E-state index >= 15 is 0 Å². The van der Waals surface area contributed by atoms with Crippen LogP contribution in [-0.2, 0) is 16.0 Å². The van der Waals surface area contributed by atoms with Crippen molar-refractivity contribution in [3.8, 4) is 0 Å². The lowest BCUT2D eigenvalue weighted by Gasteiger charge is -2.19. The van der Waals surface area contributed by atoms with Gasteiger partial charge in [-0.25, -0.2) is 0 Å². The summed E-state index contributed by atoms with van der Waals surface area (Å²) in [6, 6.07) is 7.49. The van der Waals surface area contributed by atoms with Crippen LogP contribution < -0.4 is 11.1 Å². The Morgan fingerprint density at radius 3 is 2.68 bits per heavy atom. The quantitative estimate of drug-likeness (QED) is 0.745. The molecule has 19 heavy (non-hydrogen) atoms. The van der Waals surface area contributed by atoms with E-state index in [4.69, 9.17) is 5.73 Å². The molecule has 0 atom stereocenters. The van der Waals surface area contributed by atoms with Crippen LogP contribution in [0.1, 0.15) is 18.9 Å². The van der Waals surface area contributed by atoms with Crippen molar-refractivity contribution in [2.75, 3.05) is 25.9 Å². The second-order valence-corrected chi connectivity index (χ2v) is 4.33. The third-order valence-electron chi connectivity index (χ3n) is 2.93. The molecule has 0 aliphatic rings. The molecule has 0 aliphatic heterocycles. The second kappa shape index (κ2) is 7.41. The second-order valence-electron chi connectivity index (χ2n) is 4.33. The van der Waals surface area contributed by atoms with E-state index in [9.17, 15) is 9.59 Å². The molecule has 3 N–H and O–H groups in total. The first-order valence-electron chi connectivity index (χ1n) is 6.39. The number of hydrogen-bond donors (Lipinski definition) is 2. The molecule has 0 heterocycles. The Labute approximate surface area is 113 Å². The Kier molecular flexibility index (Phi) is 5.85. The van der Waals surface area contributed by atoms with E-state index in [2.05, 4.69) is 5.32 Å². The molecule has 1 aromatic rings. The number of nitrogens with one attached hydrogen (secondary N) is 1. The van der Waals surface area contributed by atoms with Gasteiger partial charge in [-0.2, -0.15) is 0 Å². The number of carbonyl (C=O) groups excluding carboxylic acids is 2. The Morgan fingerprint density at radius 2 is 2.11 bits per heavy atom. The number of anilines is 1. The minimum absolute atomic E-state index is 0.0199. The van der Waals surface area contributed by atoms with Gasteiger partial charge in [-0.1, -0.05) is 12.1 Å². The van der Waals surface area contributed by atoms with Crippen molar-refractivity contribution in [2.24, 2.45) is 0 Å². The van der Waals surface area contributed by atoms with Crippen molar-refractivity contribution in [3.63, 3.8) is 0 Å². The highest BCUT2D eigenvalue weighted by Crippen LogP contribution is 2.09. The van der Waals surface area contributed by atoms with E-state index in [1.807, 2.05) is 31.2 Å². The van der Waals surface area contributed by atoms with Crippen LogP contribution in [0.3, 0.4) is 0 Å². The number of rotatable bonds is 6. The highest BCUT2D eigenvalue weighted by atomic mass is 16.2. The average Bonchev–Trinajstić information content (AvgIpc) is 2.41. The fourth-order valence-corrected chi connectivity index (χ4v) is 1.79. The fourth-order valence-electron chi connectivity index (χ4n) is 1.79. The molecule has 0 aromatic heterocycles. The SMILES string of the molecule is CCN(CC(=O)NC)C(=O)CCc1cccc(N)c1. The zero-order valence-corrected chi connectivity index (χ0v) is 11.5. The lowest BCUT2D eigenvalue weighted by Crippen LogP contribution is -2.39. The molecule has 0 saturated heterocycles. The standard InChI is InChI=1S/C14H21N3O2/c1-3-17(10-13(18)16-2)14(19)8-7-11-5-4-6-12(15)9-11/h4-6,9H,3,7-8,10,15H2,1-2H3,(H,16,18). The molecule has 1 rings (SSSR count). The maximum Gasteiger partial charge on any atom is 0.239 e. The van der Waals surface area contributed by atoms with Gasteiger partial charge in [0.2, 0.25) is 11.8 Å². The third kappa shape index (κ3) is 4.99. The average molecular weight is 263 g/mol. The van der Waals surface area contributed by atoms with Crippen molar-refractivity contribution in [2.45, 2.75) is 19.8 Å². The Morgan fingerprint density at radius 1 is 1.37 bits per heavy atom. The van der Waals surface area contributed by atoms with Gasteiger partial charge in [0.15, 0.2) is 0 Å². The van der Waals surface area contributed by atoms with Crippen molar-refractivity contribution in [1.82, 2.24) is 10.2 Å². The van der Waals surface area contributed by atoms with Crippen LogP contribution in [0.25, 0.3) is 0 Å². The number of likely N-dealkylation sites (N-methyl/N-ethyl adjacent to an activating group) is 2.